The minimum atomic E-state index is -0.677. The average molecular weight is 713 g/mol. The predicted octanol–water partition coefficient (Wildman–Crippen LogP) is 8.89. The Labute approximate surface area is 298 Å². The highest BCUT2D eigenvalue weighted by atomic mass is 35.5. The lowest BCUT2D eigenvalue weighted by molar-refractivity contribution is -0.116. The van der Waals surface area contributed by atoms with Crippen LogP contribution in [0.1, 0.15) is 26.7 Å². The zero-order chi connectivity index (χ0) is 34.8. The molecule has 0 aliphatic carbocycles. The molecular weight excluding hydrogens is 681 g/mol. The molecule has 0 fully saturated rings. The lowest BCUT2D eigenvalue weighted by Gasteiger charge is -2.18. The number of thioether (sulfide) groups is 1. The van der Waals surface area contributed by atoms with Crippen molar-refractivity contribution in [3.05, 3.63) is 154 Å². The maximum absolute atomic E-state index is 13.8. The largest absolute Gasteiger partial charge is 0.493 e. The van der Waals surface area contributed by atoms with Crippen molar-refractivity contribution in [2.24, 2.45) is 0 Å². The van der Waals surface area contributed by atoms with Crippen LogP contribution in [-0.2, 0) is 9.59 Å². The first-order valence-corrected chi connectivity index (χ1v) is 16.6. The van der Waals surface area contributed by atoms with Crippen LogP contribution in [0, 0.1) is 0 Å². The summed E-state index contributed by atoms with van der Waals surface area (Å²) in [6.07, 6.45) is 1.52. The van der Waals surface area contributed by atoms with Gasteiger partial charge in [0.15, 0.2) is 11.5 Å². The van der Waals surface area contributed by atoms with Crippen LogP contribution in [-0.4, -0.2) is 31.9 Å². The van der Waals surface area contributed by atoms with Crippen molar-refractivity contribution in [1.82, 2.24) is 5.32 Å². The number of halogens is 2. The van der Waals surface area contributed by atoms with E-state index >= 15 is 0 Å². The number of benzene rings is 5. The third kappa shape index (κ3) is 9.23. The summed E-state index contributed by atoms with van der Waals surface area (Å²) >= 11 is 13.8. The molecule has 0 aromatic heterocycles. The van der Waals surface area contributed by atoms with Gasteiger partial charge in [-0.05, 0) is 66.2 Å². The quantitative estimate of drug-likeness (QED) is 0.0882. The maximum Gasteiger partial charge on any atom is 0.272 e. The molecule has 0 radical (unpaired) electrons. The molecule has 11 heteroatoms. The normalized spacial score (nSPS) is 11.6. The predicted molar refractivity (Wildman–Crippen MR) is 197 cm³/mol. The fourth-order valence-corrected chi connectivity index (χ4v) is 6.22. The lowest BCUT2D eigenvalue weighted by Crippen LogP contribution is -2.30. The van der Waals surface area contributed by atoms with Crippen LogP contribution in [0.4, 0.5) is 11.4 Å². The van der Waals surface area contributed by atoms with Gasteiger partial charge in [-0.1, -0.05) is 89.9 Å². The molecule has 3 amide bonds. The number of carbonyl (C=O) groups is 3. The Morgan fingerprint density at radius 1 is 0.755 bits per heavy atom. The Morgan fingerprint density at radius 3 is 2.18 bits per heavy atom. The van der Waals surface area contributed by atoms with Crippen LogP contribution in [0.25, 0.3) is 6.08 Å². The highest BCUT2D eigenvalue weighted by Crippen LogP contribution is 2.38. The number of methoxy groups -OCH3 is 2. The molecule has 0 aliphatic rings. The number of anilines is 2. The van der Waals surface area contributed by atoms with Crippen LogP contribution in [0.5, 0.6) is 11.5 Å². The first-order valence-electron chi connectivity index (χ1n) is 14.9. The van der Waals surface area contributed by atoms with Crippen LogP contribution in [0.3, 0.4) is 0 Å². The van der Waals surface area contributed by atoms with Crippen LogP contribution >= 0.6 is 35.0 Å². The van der Waals surface area contributed by atoms with Crippen molar-refractivity contribution in [3.63, 3.8) is 0 Å². The van der Waals surface area contributed by atoms with Crippen molar-refractivity contribution in [1.29, 1.82) is 0 Å². The summed E-state index contributed by atoms with van der Waals surface area (Å²) in [6.45, 7) is 0. The second-order valence-corrected chi connectivity index (χ2v) is 12.5. The maximum atomic E-state index is 13.8. The van der Waals surface area contributed by atoms with Gasteiger partial charge < -0.3 is 25.4 Å². The van der Waals surface area contributed by atoms with E-state index in [4.69, 9.17) is 32.7 Å². The molecular formula is C38H31Cl2N3O5S. The Morgan fingerprint density at radius 2 is 1.47 bits per heavy atom. The van der Waals surface area contributed by atoms with Crippen molar-refractivity contribution in [2.75, 3.05) is 24.9 Å². The zero-order valence-electron chi connectivity index (χ0n) is 26.4. The zero-order valence-corrected chi connectivity index (χ0v) is 28.7. The van der Waals surface area contributed by atoms with E-state index in [2.05, 4.69) is 16.0 Å². The summed E-state index contributed by atoms with van der Waals surface area (Å²) in [7, 11) is 3.01. The van der Waals surface area contributed by atoms with Gasteiger partial charge in [0.05, 0.1) is 24.9 Å². The Bertz CT molecular complexity index is 1990. The van der Waals surface area contributed by atoms with Crippen molar-refractivity contribution >= 4 is 70.1 Å². The molecule has 5 aromatic rings. The van der Waals surface area contributed by atoms with E-state index in [0.717, 1.165) is 5.56 Å². The summed E-state index contributed by atoms with van der Waals surface area (Å²) in [5.41, 5.74) is 2.46. The number of para-hydroxylation sites is 1. The second kappa shape index (κ2) is 16.7. The number of amides is 3. The van der Waals surface area contributed by atoms with Gasteiger partial charge in [0.2, 0.25) is 5.91 Å². The fraction of sp³-hybridized carbons (Fsp3) is 0.0789. The van der Waals surface area contributed by atoms with Gasteiger partial charge in [-0.3, -0.25) is 14.4 Å². The highest BCUT2D eigenvalue weighted by molar-refractivity contribution is 8.00. The van der Waals surface area contributed by atoms with Crippen molar-refractivity contribution in [3.8, 4) is 11.5 Å². The summed E-state index contributed by atoms with van der Waals surface area (Å²) < 4.78 is 11.0. The topological polar surface area (TPSA) is 106 Å². The van der Waals surface area contributed by atoms with Gasteiger partial charge in [-0.2, -0.15) is 0 Å². The third-order valence-electron chi connectivity index (χ3n) is 7.13. The summed E-state index contributed by atoms with van der Waals surface area (Å²) in [6, 6.07) is 35.0. The second-order valence-electron chi connectivity index (χ2n) is 10.5. The summed E-state index contributed by atoms with van der Waals surface area (Å²) in [4.78, 5) is 41.3. The molecule has 0 saturated carbocycles. The fourth-order valence-electron chi connectivity index (χ4n) is 4.80. The number of carbonyl (C=O) groups excluding carboxylic acids is 3. The minimum absolute atomic E-state index is 0.0293. The number of ether oxygens (including phenoxy) is 2. The van der Waals surface area contributed by atoms with Crippen molar-refractivity contribution in [2.45, 2.75) is 10.1 Å². The van der Waals surface area contributed by atoms with Crippen molar-refractivity contribution < 1.29 is 23.9 Å². The number of hydrogen-bond donors (Lipinski definition) is 3. The number of nitrogens with one attached hydrogen (secondary N) is 3. The molecule has 8 nitrogen and oxygen atoms in total. The highest BCUT2D eigenvalue weighted by Gasteiger charge is 2.24. The monoisotopic (exact) mass is 711 g/mol. The van der Waals surface area contributed by atoms with Crippen LogP contribution in [0.2, 0.25) is 10.0 Å². The average Bonchev–Trinajstić information content (AvgIpc) is 3.12. The molecule has 248 valence electrons. The van der Waals surface area contributed by atoms with Gasteiger partial charge >= 0.3 is 0 Å². The van der Waals surface area contributed by atoms with Crippen LogP contribution < -0.4 is 25.4 Å². The van der Waals surface area contributed by atoms with Crippen LogP contribution in [0.15, 0.2) is 132 Å². The molecule has 0 aliphatic heterocycles. The molecule has 1 unspecified atom stereocenters. The SMILES string of the molecule is COc1cccc(/C=C(/NC(=O)c2ccccc2)C(=O)Nc2cccc(SC(C(=O)Nc3cc(Cl)ccc3Cl)c3ccccc3)c2)c1OC. The molecule has 5 aromatic carbocycles. The molecule has 0 heterocycles. The van der Waals surface area contributed by atoms with E-state index in [9.17, 15) is 14.4 Å². The minimum Gasteiger partial charge on any atom is -0.493 e. The molecule has 3 N–H and O–H groups in total. The number of rotatable bonds is 12. The number of hydrogen-bond acceptors (Lipinski definition) is 6. The molecule has 5 rings (SSSR count). The molecule has 1 atom stereocenters. The molecule has 0 saturated heterocycles. The van der Waals surface area contributed by atoms with E-state index < -0.39 is 17.1 Å². The summed E-state index contributed by atoms with van der Waals surface area (Å²) in [5.74, 6) is -0.499. The Kier molecular flexibility index (Phi) is 12.0. The Balaban J connectivity index is 1.42. The lowest BCUT2D eigenvalue weighted by atomic mass is 10.1. The third-order valence-corrected chi connectivity index (χ3v) is 8.95. The standard InChI is InChI=1S/C38H31Cl2N3O5S/c1-47-33-18-9-15-26(34(33)48-2)21-32(43-36(44)25-13-7-4-8-14-25)37(45)41-28-16-10-17-29(23-28)49-35(24-11-5-3-6-12-24)38(46)42-31-22-27(39)19-20-30(31)40/h3-23,35H,1-2H3,(H,41,45)(H,42,46)(H,43,44)/b32-21+. The molecule has 49 heavy (non-hydrogen) atoms. The van der Waals surface area contributed by atoms with E-state index in [-0.39, 0.29) is 11.6 Å². The van der Waals surface area contributed by atoms with Gasteiger partial charge in [0.1, 0.15) is 10.9 Å². The van der Waals surface area contributed by atoms with Gasteiger partial charge in [-0.15, -0.1) is 11.8 Å². The summed E-state index contributed by atoms with van der Waals surface area (Å²) in [5, 5.41) is 8.63. The van der Waals surface area contributed by atoms with E-state index in [1.54, 1.807) is 84.9 Å². The van der Waals surface area contributed by atoms with Gasteiger partial charge in [0.25, 0.3) is 11.8 Å². The smallest absolute Gasteiger partial charge is 0.272 e. The first kappa shape index (κ1) is 35.1. The Hall–Kier alpha value is -5.22. The van der Waals surface area contributed by atoms with Gasteiger partial charge in [0, 0.05) is 26.7 Å². The molecule has 0 bridgehead atoms. The van der Waals surface area contributed by atoms with Gasteiger partial charge in [-0.25, -0.2) is 0 Å². The molecule has 0 spiro atoms. The van der Waals surface area contributed by atoms with E-state index in [1.807, 2.05) is 36.4 Å². The first-order chi connectivity index (χ1) is 23.7. The van der Waals surface area contributed by atoms with E-state index in [0.29, 0.717) is 48.9 Å². The van der Waals surface area contributed by atoms with E-state index in [1.165, 1.54) is 32.1 Å².